The van der Waals surface area contributed by atoms with Crippen molar-refractivity contribution in [2.24, 2.45) is 11.7 Å². The van der Waals surface area contributed by atoms with Gasteiger partial charge in [0.25, 0.3) is 0 Å². The van der Waals surface area contributed by atoms with Gasteiger partial charge in [0.2, 0.25) is 5.91 Å². The summed E-state index contributed by atoms with van der Waals surface area (Å²) in [5.41, 5.74) is 7.44. The van der Waals surface area contributed by atoms with Gasteiger partial charge in [0.1, 0.15) is 0 Å². The lowest BCUT2D eigenvalue weighted by atomic mass is 9.85. The molecule has 1 aliphatic carbocycles. The highest BCUT2D eigenvalue weighted by Crippen LogP contribution is 2.27. The molecule has 3 nitrogen and oxygen atoms in total. The highest BCUT2D eigenvalue weighted by atomic mass is 16.1. The van der Waals surface area contributed by atoms with Gasteiger partial charge in [-0.25, -0.2) is 0 Å². The summed E-state index contributed by atoms with van der Waals surface area (Å²) in [6, 6.07) is 7.68. The first-order valence-electron chi connectivity index (χ1n) is 5.39. The number of hydrogen-bond acceptors (Lipinski definition) is 2. The average Bonchev–Trinajstić information content (AvgIpc) is 2.16. The lowest BCUT2D eigenvalue weighted by molar-refractivity contribution is -0.122. The number of carbonyl (C=O) groups excluding carboxylic acids is 1. The highest BCUT2D eigenvalue weighted by molar-refractivity contribution is 5.92. The third kappa shape index (κ3) is 2.36. The molecule has 80 valence electrons. The quantitative estimate of drug-likeness (QED) is 0.789. The number of benzene rings is 1. The number of anilines is 1. The van der Waals surface area contributed by atoms with Gasteiger partial charge in [-0.1, -0.05) is 18.6 Å². The summed E-state index contributed by atoms with van der Waals surface area (Å²) < 4.78 is 0. The second-order valence-electron chi connectivity index (χ2n) is 4.02. The lowest BCUT2D eigenvalue weighted by Gasteiger charge is -2.24. The minimum atomic E-state index is 0.154. The summed E-state index contributed by atoms with van der Waals surface area (Å²) in [6.07, 6.45) is 3.25. The van der Waals surface area contributed by atoms with Gasteiger partial charge in [-0.2, -0.15) is 0 Å². The van der Waals surface area contributed by atoms with E-state index < -0.39 is 0 Å². The summed E-state index contributed by atoms with van der Waals surface area (Å²) in [7, 11) is 0. The lowest BCUT2D eigenvalue weighted by Crippen LogP contribution is -2.27. The van der Waals surface area contributed by atoms with Crippen molar-refractivity contribution in [2.75, 3.05) is 5.32 Å². The van der Waals surface area contributed by atoms with Crippen LogP contribution in [-0.4, -0.2) is 5.91 Å². The van der Waals surface area contributed by atoms with E-state index in [0.29, 0.717) is 6.54 Å². The van der Waals surface area contributed by atoms with Crippen molar-refractivity contribution in [2.45, 2.75) is 25.8 Å². The van der Waals surface area contributed by atoms with Crippen LogP contribution in [0.2, 0.25) is 0 Å². The standard InChI is InChI=1S/C12H16N2O/c13-8-9-4-6-11(7-5-9)14-12(15)10-2-1-3-10/h4-7,10H,1-3,8,13H2,(H,14,15). The van der Waals surface area contributed by atoms with E-state index in [2.05, 4.69) is 5.32 Å². The third-order valence-corrected chi connectivity index (χ3v) is 2.93. The molecule has 1 amide bonds. The molecule has 0 aliphatic heterocycles. The molecule has 0 aromatic heterocycles. The van der Waals surface area contributed by atoms with Gasteiger partial charge in [0.15, 0.2) is 0 Å². The first-order valence-corrected chi connectivity index (χ1v) is 5.39. The van der Waals surface area contributed by atoms with Crippen LogP contribution in [0.4, 0.5) is 5.69 Å². The van der Waals surface area contributed by atoms with Crippen LogP contribution in [0.1, 0.15) is 24.8 Å². The van der Waals surface area contributed by atoms with Gasteiger partial charge in [-0.15, -0.1) is 0 Å². The molecular weight excluding hydrogens is 188 g/mol. The Morgan fingerprint density at radius 3 is 2.47 bits per heavy atom. The van der Waals surface area contributed by atoms with E-state index in [1.54, 1.807) is 0 Å². The average molecular weight is 204 g/mol. The molecule has 2 rings (SSSR count). The first-order chi connectivity index (χ1) is 7.29. The molecule has 0 saturated heterocycles. The molecule has 15 heavy (non-hydrogen) atoms. The van der Waals surface area contributed by atoms with Gasteiger partial charge in [0, 0.05) is 18.2 Å². The Bertz CT molecular complexity index is 341. The van der Waals surface area contributed by atoms with Gasteiger partial charge in [-0.3, -0.25) is 4.79 Å². The molecule has 0 bridgehead atoms. The molecule has 0 unspecified atom stereocenters. The first kappa shape index (κ1) is 10.2. The SMILES string of the molecule is NCc1ccc(NC(=O)C2CCC2)cc1. The summed E-state index contributed by atoms with van der Waals surface area (Å²) in [4.78, 5) is 11.6. The molecule has 0 heterocycles. The number of hydrogen-bond donors (Lipinski definition) is 2. The fourth-order valence-corrected chi connectivity index (χ4v) is 1.64. The fourth-order valence-electron chi connectivity index (χ4n) is 1.64. The van der Waals surface area contributed by atoms with Crippen molar-refractivity contribution >= 4 is 11.6 Å². The van der Waals surface area contributed by atoms with Crippen LogP contribution in [0, 0.1) is 5.92 Å². The van der Waals surface area contributed by atoms with E-state index in [1.165, 1.54) is 6.42 Å². The zero-order valence-corrected chi connectivity index (χ0v) is 8.70. The topological polar surface area (TPSA) is 55.1 Å². The molecule has 0 spiro atoms. The maximum Gasteiger partial charge on any atom is 0.227 e. The zero-order chi connectivity index (χ0) is 10.7. The van der Waals surface area contributed by atoms with Crippen LogP contribution in [0.25, 0.3) is 0 Å². The maximum absolute atomic E-state index is 11.6. The van der Waals surface area contributed by atoms with Crippen molar-refractivity contribution < 1.29 is 4.79 Å². The van der Waals surface area contributed by atoms with E-state index in [0.717, 1.165) is 24.1 Å². The Morgan fingerprint density at radius 2 is 2.00 bits per heavy atom. The Balaban J connectivity index is 1.94. The van der Waals surface area contributed by atoms with Crippen molar-refractivity contribution in [1.82, 2.24) is 0 Å². The molecule has 3 N–H and O–H groups in total. The van der Waals surface area contributed by atoms with Crippen LogP contribution < -0.4 is 11.1 Å². The van der Waals surface area contributed by atoms with E-state index in [4.69, 9.17) is 5.73 Å². The van der Waals surface area contributed by atoms with Gasteiger partial charge >= 0.3 is 0 Å². The molecular formula is C12H16N2O. The Labute approximate surface area is 89.7 Å². The van der Waals surface area contributed by atoms with E-state index in [-0.39, 0.29) is 11.8 Å². The van der Waals surface area contributed by atoms with Crippen molar-refractivity contribution in [3.63, 3.8) is 0 Å². The molecule has 1 fully saturated rings. The number of nitrogens with two attached hydrogens (primary N) is 1. The van der Waals surface area contributed by atoms with Crippen molar-refractivity contribution in [3.05, 3.63) is 29.8 Å². The number of carbonyl (C=O) groups is 1. The number of amides is 1. The Morgan fingerprint density at radius 1 is 1.33 bits per heavy atom. The summed E-state index contributed by atoms with van der Waals surface area (Å²) in [6.45, 7) is 0.539. The largest absolute Gasteiger partial charge is 0.326 e. The normalized spacial score (nSPS) is 15.8. The number of rotatable bonds is 3. The Kier molecular flexibility index (Phi) is 3.02. The number of nitrogens with one attached hydrogen (secondary N) is 1. The predicted octanol–water partition coefficient (Wildman–Crippen LogP) is 1.88. The van der Waals surface area contributed by atoms with Crippen LogP contribution in [-0.2, 0) is 11.3 Å². The fraction of sp³-hybridized carbons (Fsp3) is 0.417. The van der Waals surface area contributed by atoms with Crippen molar-refractivity contribution in [1.29, 1.82) is 0 Å². The van der Waals surface area contributed by atoms with E-state index in [1.807, 2.05) is 24.3 Å². The minimum absolute atomic E-state index is 0.154. The second kappa shape index (κ2) is 4.45. The van der Waals surface area contributed by atoms with Gasteiger partial charge in [0.05, 0.1) is 0 Å². The van der Waals surface area contributed by atoms with Crippen LogP contribution in [0.15, 0.2) is 24.3 Å². The van der Waals surface area contributed by atoms with E-state index >= 15 is 0 Å². The predicted molar refractivity (Wildman–Crippen MR) is 60.3 cm³/mol. The smallest absolute Gasteiger partial charge is 0.227 e. The van der Waals surface area contributed by atoms with Crippen molar-refractivity contribution in [3.8, 4) is 0 Å². The summed E-state index contributed by atoms with van der Waals surface area (Å²) in [5, 5.41) is 2.92. The zero-order valence-electron chi connectivity index (χ0n) is 8.70. The second-order valence-corrected chi connectivity index (χ2v) is 4.02. The molecule has 1 aliphatic rings. The molecule has 1 aromatic rings. The molecule has 3 heteroatoms. The third-order valence-electron chi connectivity index (χ3n) is 2.93. The highest BCUT2D eigenvalue weighted by Gasteiger charge is 2.24. The monoisotopic (exact) mass is 204 g/mol. The maximum atomic E-state index is 11.6. The van der Waals surface area contributed by atoms with Gasteiger partial charge in [-0.05, 0) is 30.5 Å². The Hall–Kier alpha value is -1.35. The molecule has 0 radical (unpaired) electrons. The van der Waals surface area contributed by atoms with Gasteiger partial charge < -0.3 is 11.1 Å². The van der Waals surface area contributed by atoms with Crippen LogP contribution in [0.3, 0.4) is 0 Å². The molecule has 0 atom stereocenters. The summed E-state index contributed by atoms with van der Waals surface area (Å²) in [5.74, 6) is 0.390. The van der Waals surface area contributed by atoms with E-state index in [9.17, 15) is 4.79 Å². The molecule has 1 aromatic carbocycles. The minimum Gasteiger partial charge on any atom is -0.326 e. The molecule has 1 saturated carbocycles. The van der Waals surface area contributed by atoms with Crippen LogP contribution in [0.5, 0.6) is 0 Å². The van der Waals surface area contributed by atoms with Crippen LogP contribution >= 0.6 is 0 Å². The summed E-state index contributed by atoms with van der Waals surface area (Å²) >= 11 is 0.